The van der Waals surface area contributed by atoms with Crippen LogP contribution in [0.3, 0.4) is 0 Å². The van der Waals surface area contributed by atoms with Gasteiger partial charge in [-0.3, -0.25) is 10.1 Å². The minimum atomic E-state index is -0.710. The number of nitriles is 1. The van der Waals surface area contributed by atoms with Gasteiger partial charge < -0.3 is 0 Å². The Balaban J connectivity index is 3.27. The summed E-state index contributed by atoms with van der Waals surface area (Å²) in [5.74, 6) is 4.31. The molecule has 0 atom stereocenters. The number of benzene rings is 1. The molecule has 0 fully saturated rings. The van der Waals surface area contributed by atoms with Crippen molar-refractivity contribution in [3.63, 3.8) is 0 Å². The summed E-state index contributed by atoms with van der Waals surface area (Å²) in [4.78, 5) is 9.94. The number of hydrogen-bond donors (Lipinski definition) is 0. The molecule has 0 spiro atoms. The van der Waals surface area contributed by atoms with Gasteiger partial charge in [-0.05, 0) is 13.0 Å². The van der Waals surface area contributed by atoms with Gasteiger partial charge in [-0.2, -0.15) is 5.26 Å². The van der Waals surface area contributed by atoms with Crippen LogP contribution in [0.2, 0.25) is 0 Å². The van der Waals surface area contributed by atoms with E-state index < -0.39 is 10.7 Å². The molecule has 1 rings (SSSR count). The largest absolute Gasteiger partial charge is 0.276 e. The molecule has 80 valence electrons. The van der Waals surface area contributed by atoms with Gasteiger partial charge in [0.15, 0.2) is 0 Å². The molecule has 0 heterocycles. The summed E-state index contributed by atoms with van der Waals surface area (Å²) in [6.45, 7) is 1.49. The summed E-state index contributed by atoms with van der Waals surface area (Å²) < 4.78 is 13.0. The van der Waals surface area contributed by atoms with Crippen molar-refractivity contribution < 1.29 is 9.31 Å². The van der Waals surface area contributed by atoms with E-state index in [1.807, 2.05) is 6.07 Å². The highest BCUT2D eigenvalue weighted by molar-refractivity contribution is 5.52. The van der Waals surface area contributed by atoms with E-state index in [1.54, 1.807) is 0 Å². The van der Waals surface area contributed by atoms with Crippen molar-refractivity contribution in [1.82, 2.24) is 0 Å². The zero-order chi connectivity index (χ0) is 12.1. The second kappa shape index (κ2) is 4.90. The average molecular weight is 218 g/mol. The van der Waals surface area contributed by atoms with Gasteiger partial charge in [0.1, 0.15) is 5.82 Å². The minimum Gasteiger partial charge on any atom is -0.258 e. The molecule has 0 saturated carbocycles. The Morgan fingerprint density at radius 2 is 2.25 bits per heavy atom. The lowest BCUT2D eigenvalue weighted by atomic mass is 10.1. The summed E-state index contributed by atoms with van der Waals surface area (Å²) in [6, 6.07) is 3.78. The molecule has 1 aromatic carbocycles. The van der Waals surface area contributed by atoms with Crippen LogP contribution in [0.25, 0.3) is 0 Å². The normalized spacial score (nSPS) is 8.81. The van der Waals surface area contributed by atoms with E-state index in [0.29, 0.717) is 5.56 Å². The Kier molecular flexibility index (Phi) is 3.58. The maximum absolute atomic E-state index is 13.0. The number of nitrogens with zero attached hydrogens (tertiary/aromatic N) is 2. The highest BCUT2D eigenvalue weighted by Crippen LogP contribution is 2.22. The van der Waals surface area contributed by atoms with Gasteiger partial charge >= 0.3 is 0 Å². The van der Waals surface area contributed by atoms with Gasteiger partial charge in [-0.25, -0.2) is 4.39 Å². The summed E-state index contributed by atoms with van der Waals surface area (Å²) in [7, 11) is 0. The summed E-state index contributed by atoms with van der Waals surface area (Å²) in [5, 5.41) is 18.9. The van der Waals surface area contributed by atoms with Crippen LogP contribution in [0.5, 0.6) is 0 Å². The summed E-state index contributed by atoms with van der Waals surface area (Å²) >= 11 is 0. The number of hydrogen-bond acceptors (Lipinski definition) is 3. The van der Waals surface area contributed by atoms with E-state index in [0.717, 1.165) is 12.1 Å². The average Bonchev–Trinajstić information content (AvgIpc) is 2.22. The lowest BCUT2D eigenvalue weighted by Crippen LogP contribution is -1.95. The lowest BCUT2D eigenvalue weighted by molar-refractivity contribution is -0.385. The number of halogens is 1. The predicted molar refractivity (Wildman–Crippen MR) is 54.9 cm³/mol. The SMILES string of the molecule is Cc1c(C#CCC#N)cc(F)cc1[N+](=O)[O-]. The fourth-order valence-corrected chi connectivity index (χ4v) is 1.16. The van der Waals surface area contributed by atoms with E-state index in [1.165, 1.54) is 6.92 Å². The molecule has 0 N–H and O–H groups in total. The van der Waals surface area contributed by atoms with Crippen LogP contribution >= 0.6 is 0 Å². The second-order valence-electron chi connectivity index (χ2n) is 2.99. The molecule has 5 heteroatoms. The molecule has 0 unspecified atom stereocenters. The van der Waals surface area contributed by atoms with Crippen molar-refractivity contribution in [1.29, 1.82) is 5.26 Å². The third kappa shape index (κ3) is 2.55. The van der Waals surface area contributed by atoms with Gasteiger partial charge in [0, 0.05) is 11.1 Å². The van der Waals surface area contributed by atoms with E-state index in [4.69, 9.17) is 5.26 Å². The van der Waals surface area contributed by atoms with E-state index in [2.05, 4.69) is 11.8 Å². The van der Waals surface area contributed by atoms with Crippen LogP contribution in [0, 0.1) is 46.0 Å². The quantitative estimate of drug-likeness (QED) is 0.412. The number of nitro groups is 1. The monoisotopic (exact) mass is 218 g/mol. The summed E-state index contributed by atoms with van der Waals surface area (Å²) in [6.07, 6.45) is 0.00372. The first-order valence-electron chi connectivity index (χ1n) is 4.36. The standard InChI is InChI=1S/C11H7FN2O2/c1-8-9(4-2-3-5-13)6-10(12)7-11(8)14(15)16/h6-7H,3H2,1H3. The molecule has 0 aliphatic carbocycles. The van der Waals surface area contributed by atoms with Gasteiger partial charge in [0.2, 0.25) is 0 Å². The molecule has 0 bridgehead atoms. The predicted octanol–water partition coefficient (Wildman–Crippen LogP) is 2.31. The van der Waals surface area contributed by atoms with Crippen molar-refractivity contribution in [2.45, 2.75) is 13.3 Å². The highest BCUT2D eigenvalue weighted by Gasteiger charge is 2.15. The van der Waals surface area contributed by atoms with Crippen molar-refractivity contribution in [2.75, 3.05) is 0 Å². The van der Waals surface area contributed by atoms with Crippen LogP contribution in [0.4, 0.5) is 10.1 Å². The Labute approximate surface area is 91.5 Å². The highest BCUT2D eigenvalue weighted by atomic mass is 19.1. The second-order valence-corrected chi connectivity index (χ2v) is 2.99. The lowest BCUT2D eigenvalue weighted by Gasteiger charge is -2.00. The van der Waals surface area contributed by atoms with Gasteiger partial charge in [0.25, 0.3) is 5.69 Å². The number of nitro benzene ring substituents is 1. The van der Waals surface area contributed by atoms with Crippen LogP contribution in [0.15, 0.2) is 12.1 Å². The maximum Gasteiger partial charge on any atom is 0.276 e. The van der Waals surface area contributed by atoms with Crippen molar-refractivity contribution >= 4 is 5.69 Å². The number of rotatable bonds is 1. The molecule has 1 aromatic rings. The first-order chi connectivity index (χ1) is 7.56. The molecular weight excluding hydrogens is 211 g/mol. The van der Waals surface area contributed by atoms with Gasteiger partial charge in [0.05, 0.1) is 23.5 Å². The smallest absolute Gasteiger partial charge is 0.258 e. The molecule has 4 nitrogen and oxygen atoms in total. The van der Waals surface area contributed by atoms with Gasteiger partial charge in [-0.15, -0.1) is 0 Å². The Hall–Kier alpha value is -2.40. The van der Waals surface area contributed by atoms with Crippen molar-refractivity contribution in [3.8, 4) is 17.9 Å². The van der Waals surface area contributed by atoms with Crippen LogP contribution < -0.4 is 0 Å². The molecule has 0 aliphatic heterocycles. The molecular formula is C11H7FN2O2. The third-order valence-corrected chi connectivity index (χ3v) is 1.93. The molecule has 16 heavy (non-hydrogen) atoms. The molecule has 0 radical (unpaired) electrons. The van der Waals surface area contributed by atoms with Crippen LogP contribution in [-0.4, -0.2) is 4.92 Å². The Morgan fingerprint density at radius 1 is 1.56 bits per heavy atom. The van der Waals surface area contributed by atoms with Crippen molar-refractivity contribution in [2.24, 2.45) is 0 Å². The fourth-order valence-electron chi connectivity index (χ4n) is 1.16. The summed E-state index contributed by atoms with van der Waals surface area (Å²) in [5.41, 5.74) is 0.236. The van der Waals surface area contributed by atoms with Crippen molar-refractivity contribution in [3.05, 3.63) is 39.2 Å². The molecule has 0 amide bonds. The maximum atomic E-state index is 13.0. The Bertz CT molecular complexity index is 535. The van der Waals surface area contributed by atoms with Gasteiger partial charge in [-0.1, -0.05) is 11.8 Å². The molecule has 0 aliphatic rings. The first kappa shape index (κ1) is 11.7. The fraction of sp³-hybridized carbons (Fsp3) is 0.182. The van der Waals surface area contributed by atoms with Crippen LogP contribution in [-0.2, 0) is 0 Å². The zero-order valence-corrected chi connectivity index (χ0v) is 8.45. The van der Waals surface area contributed by atoms with E-state index in [9.17, 15) is 14.5 Å². The first-order valence-corrected chi connectivity index (χ1v) is 4.36. The van der Waals surface area contributed by atoms with Crippen LogP contribution in [0.1, 0.15) is 17.5 Å². The minimum absolute atomic E-state index is 0.00372. The third-order valence-electron chi connectivity index (χ3n) is 1.93. The van der Waals surface area contributed by atoms with E-state index in [-0.39, 0.29) is 17.7 Å². The van der Waals surface area contributed by atoms with E-state index >= 15 is 0 Å². The zero-order valence-electron chi connectivity index (χ0n) is 8.45. The molecule has 0 aromatic heterocycles. The Morgan fingerprint density at radius 3 is 2.81 bits per heavy atom. The topological polar surface area (TPSA) is 66.9 Å². The molecule has 0 saturated heterocycles.